The average Bonchev–Trinajstić information content (AvgIpc) is 3.10. The van der Waals surface area contributed by atoms with Crippen LogP contribution in [0.3, 0.4) is 0 Å². The fourth-order valence-corrected chi connectivity index (χ4v) is 4.19. The zero-order valence-electron chi connectivity index (χ0n) is 15.7. The van der Waals surface area contributed by atoms with E-state index in [0.29, 0.717) is 11.1 Å². The Morgan fingerprint density at radius 3 is 2.85 bits per heavy atom. The van der Waals surface area contributed by atoms with Gasteiger partial charge in [0, 0.05) is 6.54 Å². The van der Waals surface area contributed by atoms with Crippen LogP contribution in [0.1, 0.15) is 50.2 Å². The number of tetrazole rings is 1. The average molecular weight is 374 g/mol. The molecule has 26 heavy (non-hydrogen) atoms. The van der Waals surface area contributed by atoms with Crippen LogP contribution in [-0.2, 0) is 4.79 Å². The second-order valence-electron chi connectivity index (χ2n) is 7.10. The smallest absolute Gasteiger partial charge is 0.233 e. The van der Waals surface area contributed by atoms with Gasteiger partial charge in [-0.25, -0.2) is 0 Å². The topological polar surface area (TPSA) is 72.7 Å². The van der Waals surface area contributed by atoms with Gasteiger partial charge in [-0.15, -0.1) is 5.10 Å². The summed E-state index contributed by atoms with van der Waals surface area (Å²) in [5, 5.41) is 15.6. The third-order valence-electron chi connectivity index (χ3n) is 5.19. The molecule has 0 bridgehead atoms. The molecule has 2 aromatic rings. The lowest BCUT2D eigenvalue weighted by Crippen LogP contribution is -2.35. The monoisotopic (exact) mass is 373 g/mol. The van der Waals surface area contributed by atoms with E-state index in [1.54, 1.807) is 4.68 Å². The van der Waals surface area contributed by atoms with Gasteiger partial charge in [-0.3, -0.25) is 4.79 Å². The van der Waals surface area contributed by atoms with Crippen LogP contribution in [0.25, 0.3) is 5.69 Å². The first kappa shape index (κ1) is 18.9. The minimum Gasteiger partial charge on any atom is -0.355 e. The Bertz CT molecular complexity index is 754. The fourth-order valence-electron chi connectivity index (χ4n) is 3.36. The van der Waals surface area contributed by atoms with Gasteiger partial charge in [0.15, 0.2) is 0 Å². The van der Waals surface area contributed by atoms with Gasteiger partial charge in [-0.2, -0.15) is 4.68 Å². The number of thioether (sulfide) groups is 1. The van der Waals surface area contributed by atoms with Crippen LogP contribution in [0.5, 0.6) is 0 Å². The van der Waals surface area contributed by atoms with Crippen LogP contribution in [0, 0.1) is 19.8 Å². The second-order valence-corrected chi connectivity index (χ2v) is 8.41. The second kappa shape index (κ2) is 8.66. The maximum absolute atomic E-state index is 12.5. The van der Waals surface area contributed by atoms with Gasteiger partial charge in [0.2, 0.25) is 11.1 Å². The van der Waals surface area contributed by atoms with Crippen LogP contribution in [-0.4, -0.2) is 37.9 Å². The zero-order valence-corrected chi connectivity index (χ0v) is 16.6. The fraction of sp³-hybridized carbons (Fsp3) is 0.579. The van der Waals surface area contributed by atoms with Crippen LogP contribution in [0.4, 0.5) is 0 Å². The minimum absolute atomic E-state index is 0.0519. The molecule has 1 saturated carbocycles. The number of aryl methyl sites for hydroxylation is 1. The first-order valence-corrected chi connectivity index (χ1v) is 10.2. The summed E-state index contributed by atoms with van der Waals surface area (Å²) < 4.78 is 1.72. The third kappa shape index (κ3) is 4.44. The molecule has 6 nitrogen and oxygen atoms in total. The van der Waals surface area contributed by atoms with Crippen molar-refractivity contribution in [2.75, 3.05) is 6.54 Å². The Labute approximate surface area is 159 Å². The first-order valence-electron chi connectivity index (χ1n) is 9.35. The Hall–Kier alpha value is -1.89. The molecule has 0 aliphatic heterocycles. The minimum atomic E-state index is -0.242. The lowest BCUT2D eigenvalue weighted by molar-refractivity contribution is -0.120. The van der Waals surface area contributed by atoms with Gasteiger partial charge in [-0.1, -0.05) is 43.2 Å². The normalized spacial score (nSPS) is 16.4. The van der Waals surface area contributed by atoms with Gasteiger partial charge in [0.1, 0.15) is 0 Å². The number of rotatable bonds is 6. The van der Waals surface area contributed by atoms with Gasteiger partial charge in [-0.05, 0) is 67.2 Å². The summed E-state index contributed by atoms with van der Waals surface area (Å²) in [6.45, 7) is 6.81. The number of benzene rings is 1. The zero-order chi connectivity index (χ0) is 18.5. The third-order valence-corrected chi connectivity index (χ3v) is 6.22. The van der Waals surface area contributed by atoms with E-state index in [-0.39, 0.29) is 11.2 Å². The molecule has 3 rings (SSSR count). The Balaban J connectivity index is 1.63. The quantitative estimate of drug-likeness (QED) is 0.785. The van der Waals surface area contributed by atoms with Crippen LogP contribution < -0.4 is 5.32 Å². The largest absolute Gasteiger partial charge is 0.355 e. The van der Waals surface area contributed by atoms with E-state index in [9.17, 15) is 4.79 Å². The Morgan fingerprint density at radius 2 is 2.08 bits per heavy atom. The van der Waals surface area contributed by atoms with Crippen molar-refractivity contribution in [2.24, 2.45) is 5.92 Å². The van der Waals surface area contributed by atoms with Crippen molar-refractivity contribution >= 4 is 17.7 Å². The molecule has 1 aromatic carbocycles. The highest BCUT2D eigenvalue weighted by molar-refractivity contribution is 8.00. The molecule has 1 unspecified atom stereocenters. The van der Waals surface area contributed by atoms with Crippen molar-refractivity contribution < 1.29 is 4.79 Å². The van der Waals surface area contributed by atoms with Gasteiger partial charge < -0.3 is 5.32 Å². The lowest BCUT2D eigenvalue weighted by atomic mass is 9.89. The number of carbonyl (C=O) groups excluding carboxylic acids is 1. The highest BCUT2D eigenvalue weighted by Crippen LogP contribution is 2.26. The van der Waals surface area contributed by atoms with Gasteiger partial charge in [0.25, 0.3) is 0 Å². The van der Waals surface area contributed by atoms with Crippen LogP contribution in [0.2, 0.25) is 0 Å². The molecule has 0 spiro atoms. The van der Waals surface area contributed by atoms with Crippen molar-refractivity contribution in [1.82, 2.24) is 25.5 Å². The molecule has 1 heterocycles. The maximum Gasteiger partial charge on any atom is 0.233 e. The van der Waals surface area contributed by atoms with Gasteiger partial charge in [0.05, 0.1) is 10.9 Å². The summed E-state index contributed by atoms with van der Waals surface area (Å²) in [7, 11) is 0. The molecule has 1 aromatic heterocycles. The lowest BCUT2D eigenvalue weighted by Gasteiger charge is -2.22. The van der Waals surface area contributed by atoms with E-state index < -0.39 is 0 Å². The molecule has 1 fully saturated rings. The highest BCUT2D eigenvalue weighted by atomic mass is 32.2. The van der Waals surface area contributed by atoms with E-state index in [0.717, 1.165) is 17.8 Å². The van der Waals surface area contributed by atoms with Crippen molar-refractivity contribution in [1.29, 1.82) is 0 Å². The Morgan fingerprint density at radius 1 is 1.31 bits per heavy atom. The SMILES string of the molecule is Cc1cccc(-n2nnnc2SC(C)C(=O)NCC2CCCCC2)c1C. The molecule has 1 N–H and O–H groups in total. The molecular weight excluding hydrogens is 346 g/mol. The van der Waals surface area contributed by atoms with Crippen LogP contribution >= 0.6 is 11.8 Å². The first-order chi connectivity index (χ1) is 12.6. The molecular formula is C19H27N5OS. The predicted molar refractivity (Wildman–Crippen MR) is 104 cm³/mol. The number of carbonyl (C=O) groups is 1. The summed E-state index contributed by atoms with van der Waals surface area (Å²) in [6.07, 6.45) is 6.36. The molecule has 1 aliphatic rings. The summed E-state index contributed by atoms with van der Waals surface area (Å²) in [5.41, 5.74) is 3.27. The standard InChI is InChI=1S/C19H27N5OS/c1-13-8-7-11-17(14(13)2)24-19(21-22-23-24)26-15(3)18(25)20-12-16-9-5-4-6-10-16/h7-8,11,15-16H,4-6,9-10,12H2,1-3H3,(H,20,25). The summed E-state index contributed by atoms with van der Waals surface area (Å²) in [4.78, 5) is 12.5. The van der Waals surface area contributed by atoms with E-state index in [2.05, 4.69) is 40.8 Å². The molecule has 140 valence electrons. The number of nitrogens with zero attached hydrogens (tertiary/aromatic N) is 4. The molecule has 1 atom stereocenters. The van der Waals surface area contributed by atoms with Gasteiger partial charge >= 0.3 is 0 Å². The molecule has 0 saturated heterocycles. The maximum atomic E-state index is 12.5. The number of hydrogen-bond donors (Lipinski definition) is 1. The predicted octanol–water partition coefficient (Wildman–Crippen LogP) is 3.46. The summed E-state index contributed by atoms with van der Waals surface area (Å²) >= 11 is 1.40. The summed E-state index contributed by atoms with van der Waals surface area (Å²) in [5.74, 6) is 0.682. The molecule has 7 heteroatoms. The number of nitrogens with one attached hydrogen (secondary N) is 1. The van der Waals surface area contributed by atoms with Crippen molar-refractivity contribution in [3.05, 3.63) is 29.3 Å². The molecule has 1 amide bonds. The van der Waals surface area contributed by atoms with Crippen molar-refractivity contribution in [3.63, 3.8) is 0 Å². The van der Waals surface area contributed by atoms with Crippen molar-refractivity contribution in [2.45, 2.75) is 63.3 Å². The Kier molecular flexibility index (Phi) is 6.29. The van der Waals surface area contributed by atoms with E-state index in [1.165, 1.54) is 49.4 Å². The number of aromatic nitrogens is 4. The molecule has 0 radical (unpaired) electrons. The van der Waals surface area contributed by atoms with Crippen molar-refractivity contribution in [3.8, 4) is 5.69 Å². The number of amides is 1. The highest BCUT2D eigenvalue weighted by Gasteiger charge is 2.21. The summed E-state index contributed by atoms with van der Waals surface area (Å²) in [6, 6.07) is 6.06. The van der Waals surface area contributed by atoms with E-state index in [4.69, 9.17) is 0 Å². The van der Waals surface area contributed by atoms with E-state index in [1.807, 2.05) is 19.1 Å². The number of hydrogen-bond acceptors (Lipinski definition) is 5. The van der Waals surface area contributed by atoms with Crippen LogP contribution in [0.15, 0.2) is 23.4 Å². The van der Waals surface area contributed by atoms with E-state index >= 15 is 0 Å². The molecule has 1 aliphatic carbocycles.